The van der Waals surface area contributed by atoms with Gasteiger partial charge in [-0.2, -0.15) is 0 Å². The van der Waals surface area contributed by atoms with E-state index in [2.05, 4.69) is 11.8 Å². The highest BCUT2D eigenvalue weighted by atomic mass is 16.2. The molecule has 20 heavy (non-hydrogen) atoms. The first kappa shape index (κ1) is 12.1. The summed E-state index contributed by atoms with van der Waals surface area (Å²) in [6.07, 6.45) is 11.9. The molecule has 5 fully saturated rings. The van der Waals surface area contributed by atoms with Gasteiger partial charge in [-0.15, -0.1) is 0 Å². The normalized spacial score (nSPS) is 55.8. The summed E-state index contributed by atoms with van der Waals surface area (Å²) < 4.78 is 0. The Hall–Kier alpha value is -0.530. The lowest BCUT2D eigenvalue weighted by molar-refractivity contribution is -0.148. The molecule has 2 heteroatoms. The van der Waals surface area contributed by atoms with Crippen molar-refractivity contribution < 1.29 is 4.79 Å². The van der Waals surface area contributed by atoms with Gasteiger partial charge in [0.1, 0.15) is 0 Å². The minimum absolute atomic E-state index is 0.0877. The number of fused-ring (bicyclic) bond motifs is 2. The Bertz CT molecular complexity index is 470. The van der Waals surface area contributed by atoms with E-state index in [1.807, 2.05) is 0 Å². The van der Waals surface area contributed by atoms with Gasteiger partial charge in [-0.25, -0.2) is 0 Å². The van der Waals surface area contributed by atoms with Crippen molar-refractivity contribution in [2.45, 2.75) is 70.8 Å². The van der Waals surface area contributed by atoms with Gasteiger partial charge in [-0.3, -0.25) is 4.79 Å². The maximum absolute atomic E-state index is 13.3. The molecule has 1 spiro atoms. The van der Waals surface area contributed by atoms with Gasteiger partial charge in [-0.05, 0) is 87.9 Å². The van der Waals surface area contributed by atoms with Gasteiger partial charge >= 0.3 is 0 Å². The van der Waals surface area contributed by atoms with Gasteiger partial charge in [0.05, 0.1) is 5.41 Å². The first-order valence-electron chi connectivity index (χ1n) is 8.94. The number of rotatable bonds is 1. The summed E-state index contributed by atoms with van der Waals surface area (Å²) in [6, 6.07) is 0.497. The number of piperidine rings is 1. The molecule has 0 aromatic carbocycles. The van der Waals surface area contributed by atoms with Crippen LogP contribution >= 0.6 is 0 Å². The summed E-state index contributed by atoms with van der Waals surface area (Å²) in [4.78, 5) is 15.6. The highest BCUT2D eigenvalue weighted by molar-refractivity contribution is 5.84. The zero-order valence-electron chi connectivity index (χ0n) is 12.7. The first-order chi connectivity index (χ1) is 9.63. The smallest absolute Gasteiger partial charge is 0.229 e. The lowest BCUT2D eigenvalue weighted by Crippen LogP contribution is -2.50. The molecule has 6 unspecified atom stereocenters. The Morgan fingerprint density at radius 1 is 1.10 bits per heavy atom. The van der Waals surface area contributed by atoms with Crippen molar-refractivity contribution in [2.75, 3.05) is 6.54 Å². The zero-order chi connectivity index (χ0) is 13.5. The zero-order valence-corrected chi connectivity index (χ0v) is 12.7. The molecule has 0 N–H and O–H groups in total. The van der Waals surface area contributed by atoms with Gasteiger partial charge in [0.2, 0.25) is 5.91 Å². The lowest BCUT2D eigenvalue weighted by Gasteiger charge is -2.49. The third kappa shape index (κ3) is 1.25. The van der Waals surface area contributed by atoms with Crippen molar-refractivity contribution in [3.8, 4) is 0 Å². The monoisotopic (exact) mass is 273 g/mol. The van der Waals surface area contributed by atoms with Crippen LogP contribution in [0.2, 0.25) is 0 Å². The van der Waals surface area contributed by atoms with Crippen LogP contribution in [0.5, 0.6) is 0 Å². The fraction of sp³-hybridized carbons (Fsp3) is 0.944. The number of likely N-dealkylation sites (tertiary alicyclic amines) is 1. The van der Waals surface area contributed by atoms with Crippen molar-refractivity contribution >= 4 is 5.91 Å². The minimum atomic E-state index is 0.0877. The Labute approximate surface area is 122 Å². The van der Waals surface area contributed by atoms with Crippen LogP contribution in [0.4, 0.5) is 0 Å². The van der Waals surface area contributed by atoms with Crippen LogP contribution < -0.4 is 0 Å². The quantitative estimate of drug-likeness (QED) is 0.715. The fourth-order valence-corrected chi connectivity index (χ4v) is 7.31. The third-order valence-electron chi connectivity index (χ3n) is 7.98. The molecule has 6 atom stereocenters. The molecule has 1 amide bonds. The average Bonchev–Trinajstić information content (AvgIpc) is 2.75. The van der Waals surface area contributed by atoms with Crippen molar-refractivity contribution in [1.29, 1.82) is 0 Å². The maximum Gasteiger partial charge on any atom is 0.229 e. The maximum atomic E-state index is 13.3. The van der Waals surface area contributed by atoms with Crippen LogP contribution in [0.25, 0.3) is 0 Å². The predicted octanol–water partition coefficient (Wildman–Crippen LogP) is 3.60. The molecule has 0 aromatic heterocycles. The van der Waals surface area contributed by atoms with E-state index in [1.54, 1.807) is 0 Å². The van der Waals surface area contributed by atoms with Crippen LogP contribution in [0.3, 0.4) is 0 Å². The number of hydrogen-bond donors (Lipinski definition) is 0. The number of carbonyl (C=O) groups excluding carboxylic acids is 1. The van der Waals surface area contributed by atoms with Crippen molar-refractivity contribution in [3.05, 3.63) is 0 Å². The van der Waals surface area contributed by atoms with Crippen molar-refractivity contribution in [1.82, 2.24) is 4.90 Å². The van der Waals surface area contributed by atoms with E-state index >= 15 is 0 Å². The van der Waals surface area contributed by atoms with Crippen molar-refractivity contribution in [2.24, 2.45) is 28.6 Å². The second-order valence-electron chi connectivity index (χ2n) is 8.88. The largest absolute Gasteiger partial charge is 0.340 e. The molecule has 1 saturated heterocycles. The van der Waals surface area contributed by atoms with Gasteiger partial charge in [0.15, 0.2) is 0 Å². The van der Waals surface area contributed by atoms with Gasteiger partial charge in [0.25, 0.3) is 0 Å². The van der Waals surface area contributed by atoms with Crippen LogP contribution in [0.1, 0.15) is 64.7 Å². The summed E-state index contributed by atoms with van der Waals surface area (Å²) >= 11 is 0. The molecule has 1 aliphatic heterocycles. The van der Waals surface area contributed by atoms with Crippen LogP contribution in [0, 0.1) is 28.6 Å². The second kappa shape index (κ2) is 3.62. The second-order valence-corrected chi connectivity index (χ2v) is 8.88. The van der Waals surface area contributed by atoms with E-state index in [0.717, 1.165) is 24.3 Å². The molecule has 5 aliphatic rings. The Morgan fingerprint density at radius 3 is 2.85 bits per heavy atom. The first-order valence-corrected chi connectivity index (χ1v) is 8.94. The Kier molecular flexibility index (Phi) is 2.18. The summed E-state index contributed by atoms with van der Waals surface area (Å²) in [7, 11) is 0. The molecule has 1 heterocycles. The van der Waals surface area contributed by atoms with Crippen molar-refractivity contribution in [3.63, 3.8) is 0 Å². The molecule has 0 radical (unpaired) electrons. The number of hydrogen-bond acceptors (Lipinski definition) is 1. The van der Waals surface area contributed by atoms with Gasteiger partial charge in [0, 0.05) is 12.6 Å². The van der Waals surface area contributed by atoms with E-state index in [0.29, 0.717) is 17.4 Å². The SMILES string of the molecule is CC1CCCCN1C(=O)C12CC3CC4CC(C1)C4(C3)C2. The fourth-order valence-electron chi connectivity index (χ4n) is 7.31. The molecular formula is C18H27NO. The highest BCUT2D eigenvalue weighted by Gasteiger charge is 2.72. The topological polar surface area (TPSA) is 20.3 Å². The Balaban J connectivity index is 1.47. The minimum Gasteiger partial charge on any atom is -0.340 e. The molecule has 4 saturated carbocycles. The molecular weight excluding hydrogens is 246 g/mol. The highest BCUT2D eigenvalue weighted by Crippen LogP contribution is 2.79. The number of nitrogens with zero attached hydrogens (tertiary/aromatic N) is 1. The molecule has 4 aliphatic carbocycles. The van der Waals surface area contributed by atoms with Crippen LogP contribution in [-0.4, -0.2) is 23.4 Å². The van der Waals surface area contributed by atoms with Crippen LogP contribution in [-0.2, 0) is 4.79 Å². The van der Waals surface area contributed by atoms with E-state index in [9.17, 15) is 4.79 Å². The Morgan fingerprint density at radius 2 is 2.00 bits per heavy atom. The lowest BCUT2D eigenvalue weighted by atomic mass is 9.55. The molecule has 110 valence electrons. The third-order valence-corrected chi connectivity index (χ3v) is 7.98. The van der Waals surface area contributed by atoms with Gasteiger partial charge in [-0.1, -0.05) is 0 Å². The number of carbonyl (C=O) groups is 1. The molecule has 3 bridgehead atoms. The summed E-state index contributed by atoms with van der Waals surface area (Å²) in [5.41, 5.74) is 0.738. The molecule has 0 aromatic rings. The molecule has 2 nitrogen and oxygen atoms in total. The average molecular weight is 273 g/mol. The predicted molar refractivity (Wildman–Crippen MR) is 78.1 cm³/mol. The van der Waals surface area contributed by atoms with E-state index < -0.39 is 0 Å². The van der Waals surface area contributed by atoms with E-state index in [1.165, 1.54) is 57.8 Å². The van der Waals surface area contributed by atoms with E-state index in [4.69, 9.17) is 0 Å². The summed E-state index contributed by atoms with van der Waals surface area (Å²) in [5, 5.41) is 0. The van der Waals surface area contributed by atoms with Crippen LogP contribution in [0.15, 0.2) is 0 Å². The van der Waals surface area contributed by atoms with Gasteiger partial charge < -0.3 is 4.90 Å². The van der Waals surface area contributed by atoms with E-state index in [-0.39, 0.29) is 5.41 Å². The standard InChI is InChI=1S/C18H27NO/c1-12-4-2-3-5-19(12)16(20)17-8-13-6-14-7-15(10-17)18(14,9-13)11-17/h12-15H,2-11H2,1H3. The molecule has 5 rings (SSSR count). The number of amides is 1. The summed E-state index contributed by atoms with van der Waals surface area (Å²) in [5.74, 6) is 3.40. The summed E-state index contributed by atoms with van der Waals surface area (Å²) in [6.45, 7) is 3.31.